The minimum absolute atomic E-state index is 0.0758. The van der Waals surface area contributed by atoms with E-state index >= 15 is 0 Å². The van der Waals surface area contributed by atoms with Crippen molar-refractivity contribution >= 4 is 15.9 Å². The van der Waals surface area contributed by atoms with E-state index in [1.165, 1.54) is 43.3 Å². The molecule has 8 nitrogen and oxygen atoms in total. The van der Waals surface area contributed by atoms with Gasteiger partial charge in [0.2, 0.25) is 27.6 Å². The molecule has 158 valence electrons. The van der Waals surface area contributed by atoms with E-state index in [1.807, 2.05) is 0 Å². The van der Waals surface area contributed by atoms with Crippen molar-refractivity contribution in [3.8, 4) is 11.4 Å². The van der Waals surface area contributed by atoms with Gasteiger partial charge in [-0.1, -0.05) is 17.3 Å². The smallest absolute Gasteiger partial charge is 0.249 e. The van der Waals surface area contributed by atoms with E-state index < -0.39 is 44.5 Å². The third kappa shape index (κ3) is 4.86. The van der Waals surface area contributed by atoms with Gasteiger partial charge in [0, 0.05) is 5.56 Å². The number of nitrogens with one attached hydrogen (secondary N) is 2. The van der Waals surface area contributed by atoms with Gasteiger partial charge in [0.05, 0.1) is 6.04 Å². The zero-order valence-corrected chi connectivity index (χ0v) is 16.8. The first-order chi connectivity index (χ1) is 14.2. The van der Waals surface area contributed by atoms with Crippen molar-refractivity contribution in [3.05, 3.63) is 66.1 Å². The fraction of sp³-hybridized carbons (Fsp3) is 0.211. The van der Waals surface area contributed by atoms with Crippen molar-refractivity contribution in [2.24, 2.45) is 0 Å². The number of amides is 1. The van der Waals surface area contributed by atoms with Crippen LogP contribution in [0.2, 0.25) is 0 Å². The highest BCUT2D eigenvalue weighted by Gasteiger charge is 2.26. The van der Waals surface area contributed by atoms with Crippen LogP contribution in [0.1, 0.15) is 25.8 Å². The molecule has 0 aliphatic carbocycles. The van der Waals surface area contributed by atoms with Gasteiger partial charge in [0.15, 0.2) is 0 Å². The molecule has 0 spiro atoms. The summed E-state index contributed by atoms with van der Waals surface area (Å²) >= 11 is 0. The van der Waals surface area contributed by atoms with Crippen molar-refractivity contribution < 1.29 is 26.5 Å². The maximum atomic E-state index is 13.8. The number of benzene rings is 2. The Balaban J connectivity index is 1.65. The van der Waals surface area contributed by atoms with E-state index in [-0.39, 0.29) is 11.7 Å². The Kier molecular flexibility index (Phi) is 6.22. The molecule has 0 saturated heterocycles. The summed E-state index contributed by atoms with van der Waals surface area (Å²) in [5.74, 6) is -1.73. The molecule has 2 N–H and O–H groups in total. The summed E-state index contributed by atoms with van der Waals surface area (Å²) in [4.78, 5) is 16.0. The van der Waals surface area contributed by atoms with Crippen molar-refractivity contribution in [3.63, 3.8) is 0 Å². The van der Waals surface area contributed by atoms with E-state index in [4.69, 9.17) is 4.52 Å². The molecule has 3 aromatic rings. The normalized spacial score (nSPS) is 13.6. The molecule has 1 amide bonds. The van der Waals surface area contributed by atoms with Crippen LogP contribution in [0.5, 0.6) is 0 Å². The third-order valence-electron chi connectivity index (χ3n) is 4.12. The Morgan fingerprint density at radius 3 is 2.40 bits per heavy atom. The lowest BCUT2D eigenvalue weighted by molar-refractivity contribution is -0.123. The van der Waals surface area contributed by atoms with Gasteiger partial charge < -0.3 is 9.84 Å². The Hall–Kier alpha value is -3.18. The second kappa shape index (κ2) is 8.67. The van der Waals surface area contributed by atoms with Gasteiger partial charge in [-0.3, -0.25) is 4.79 Å². The number of sulfonamides is 1. The van der Waals surface area contributed by atoms with Crippen LogP contribution in [0.25, 0.3) is 11.4 Å². The van der Waals surface area contributed by atoms with Crippen molar-refractivity contribution in [2.45, 2.75) is 30.8 Å². The molecular formula is C19H18F2N4O4S. The van der Waals surface area contributed by atoms with Gasteiger partial charge in [-0.2, -0.15) is 9.71 Å². The number of halogens is 2. The van der Waals surface area contributed by atoms with Gasteiger partial charge in [0.25, 0.3) is 0 Å². The second-order valence-corrected chi connectivity index (χ2v) is 8.15. The Labute approximate surface area is 171 Å². The van der Waals surface area contributed by atoms with Gasteiger partial charge in [-0.25, -0.2) is 17.2 Å². The Morgan fingerprint density at radius 1 is 1.07 bits per heavy atom. The van der Waals surface area contributed by atoms with Gasteiger partial charge in [-0.05, 0) is 50.2 Å². The molecule has 0 aliphatic rings. The van der Waals surface area contributed by atoms with Crippen molar-refractivity contribution in [1.29, 1.82) is 0 Å². The quantitative estimate of drug-likeness (QED) is 0.588. The standard InChI is InChI=1S/C19H18F2N4O4S/c1-11(25-30(27,28)16-6-4-3-5-15(16)21)18(26)22-12(2)19-23-17(24-29-19)13-7-9-14(20)10-8-13/h3-12,25H,1-2H3,(H,22,26)/t11-,12?/m0/s1. The topological polar surface area (TPSA) is 114 Å². The SMILES string of the molecule is CC(NC(=O)[C@H](C)NS(=O)(=O)c1ccccc1F)c1nc(-c2ccc(F)cc2)no1. The van der Waals surface area contributed by atoms with Crippen LogP contribution in [0.3, 0.4) is 0 Å². The minimum Gasteiger partial charge on any atom is -0.343 e. The molecule has 11 heteroatoms. The molecule has 3 rings (SSSR count). The van der Waals surface area contributed by atoms with Crippen molar-refractivity contribution in [2.75, 3.05) is 0 Å². The van der Waals surface area contributed by atoms with Gasteiger partial charge in [0.1, 0.15) is 22.6 Å². The fourth-order valence-corrected chi connectivity index (χ4v) is 3.82. The predicted molar refractivity (Wildman–Crippen MR) is 102 cm³/mol. The number of aromatic nitrogens is 2. The number of carbonyl (C=O) groups excluding carboxylic acids is 1. The summed E-state index contributed by atoms with van der Waals surface area (Å²) in [5, 5.41) is 6.33. The molecular weight excluding hydrogens is 418 g/mol. The zero-order valence-electron chi connectivity index (χ0n) is 16.0. The average Bonchev–Trinajstić information content (AvgIpc) is 3.18. The molecule has 30 heavy (non-hydrogen) atoms. The number of hydrogen-bond acceptors (Lipinski definition) is 6. The molecule has 0 saturated carbocycles. The summed E-state index contributed by atoms with van der Waals surface area (Å²) in [6.45, 7) is 2.89. The van der Waals surface area contributed by atoms with E-state index in [0.717, 1.165) is 12.1 Å². The highest BCUT2D eigenvalue weighted by molar-refractivity contribution is 7.89. The fourth-order valence-electron chi connectivity index (χ4n) is 2.54. The molecule has 1 heterocycles. The first kappa shape index (κ1) is 21.5. The molecule has 0 bridgehead atoms. The number of rotatable bonds is 7. The number of hydrogen-bond donors (Lipinski definition) is 2. The molecule has 0 radical (unpaired) electrons. The van der Waals surface area contributed by atoms with Crippen molar-refractivity contribution in [1.82, 2.24) is 20.2 Å². The Morgan fingerprint density at radius 2 is 1.73 bits per heavy atom. The van der Waals surface area contributed by atoms with Crippen LogP contribution in [0.4, 0.5) is 8.78 Å². The average molecular weight is 436 g/mol. The molecule has 2 atom stereocenters. The maximum absolute atomic E-state index is 13.8. The van der Waals surface area contributed by atoms with Crippen LogP contribution in [0, 0.1) is 11.6 Å². The highest BCUT2D eigenvalue weighted by Crippen LogP contribution is 2.19. The Bertz CT molecular complexity index is 1150. The third-order valence-corrected chi connectivity index (χ3v) is 5.70. The van der Waals surface area contributed by atoms with Crippen LogP contribution < -0.4 is 10.0 Å². The number of nitrogens with zero attached hydrogens (tertiary/aromatic N) is 2. The second-order valence-electron chi connectivity index (χ2n) is 6.47. The first-order valence-electron chi connectivity index (χ1n) is 8.84. The monoisotopic (exact) mass is 436 g/mol. The van der Waals surface area contributed by atoms with Gasteiger partial charge >= 0.3 is 0 Å². The summed E-state index contributed by atoms with van der Waals surface area (Å²) in [6.07, 6.45) is 0. The first-order valence-corrected chi connectivity index (χ1v) is 10.3. The molecule has 1 unspecified atom stereocenters. The van der Waals surface area contributed by atoms with Crippen LogP contribution in [-0.4, -0.2) is 30.5 Å². The molecule has 0 fully saturated rings. The lowest BCUT2D eigenvalue weighted by Crippen LogP contribution is -2.45. The molecule has 1 aromatic heterocycles. The largest absolute Gasteiger partial charge is 0.343 e. The molecule has 0 aliphatic heterocycles. The van der Waals surface area contributed by atoms with E-state index in [9.17, 15) is 22.0 Å². The van der Waals surface area contributed by atoms with Gasteiger partial charge in [-0.15, -0.1) is 0 Å². The summed E-state index contributed by atoms with van der Waals surface area (Å²) < 4.78 is 58.6. The summed E-state index contributed by atoms with van der Waals surface area (Å²) in [7, 11) is -4.24. The van der Waals surface area contributed by atoms with Crippen LogP contribution in [0.15, 0.2) is 57.9 Å². The maximum Gasteiger partial charge on any atom is 0.249 e. The summed E-state index contributed by atoms with van der Waals surface area (Å²) in [6, 6.07) is 8.36. The lowest BCUT2D eigenvalue weighted by Gasteiger charge is -2.16. The summed E-state index contributed by atoms with van der Waals surface area (Å²) in [5.41, 5.74) is 0.524. The predicted octanol–water partition coefficient (Wildman–Crippen LogP) is 2.56. The zero-order chi connectivity index (χ0) is 21.9. The van der Waals surface area contributed by atoms with Crippen LogP contribution in [-0.2, 0) is 14.8 Å². The minimum atomic E-state index is -4.24. The number of carbonyl (C=O) groups is 1. The van der Waals surface area contributed by atoms with Crippen LogP contribution >= 0.6 is 0 Å². The lowest BCUT2D eigenvalue weighted by atomic mass is 10.2. The van der Waals surface area contributed by atoms with E-state index in [1.54, 1.807) is 6.92 Å². The van der Waals surface area contributed by atoms with E-state index in [2.05, 4.69) is 20.2 Å². The highest BCUT2D eigenvalue weighted by atomic mass is 32.2. The molecule has 2 aromatic carbocycles. The van der Waals surface area contributed by atoms with E-state index in [0.29, 0.717) is 5.56 Å².